The molecule has 0 bridgehead atoms. The Hall–Kier alpha value is -1.58. The zero-order chi connectivity index (χ0) is 12.8. The van der Waals surface area contributed by atoms with Crippen molar-refractivity contribution in [2.45, 2.75) is 13.2 Å². The van der Waals surface area contributed by atoms with Crippen molar-refractivity contribution in [3.05, 3.63) is 58.9 Å². The molecule has 0 saturated carbocycles. The molecule has 0 saturated heterocycles. The van der Waals surface area contributed by atoms with Crippen LogP contribution in [0.3, 0.4) is 0 Å². The molecule has 1 aromatic heterocycles. The minimum absolute atomic E-state index is 0.473. The third-order valence-corrected chi connectivity index (χ3v) is 2.94. The van der Waals surface area contributed by atoms with Gasteiger partial charge < -0.3 is 10.1 Å². The van der Waals surface area contributed by atoms with Crippen molar-refractivity contribution in [3.63, 3.8) is 0 Å². The van der Waals surface area contributed by atoms with Crippen molar-refractivity contribution in [1.29, 1.82) is 0 Å². The fraction of sp³-hybridized carbons (Fsp3) is 0.214. The summed E-state index contributed by atoms with van der Waals surface area (Å²) < 4.78 is 5.61. The Morgan fingerprint density at radius 2 is 2.06 bits per heavy atom. The maximum atomic E-state index is 6.05. The molecule has 1 aromatic carbocycles. The lowest BCUT2D eigenvalue weighted by molar-refractivity contribution is 0.104. The zero-order valence-electron chi connectivity index (χ0n) is 10.2. The lowest BCUT2D eigenvalue weighted by Gasteiger charge is -2.07. The smallest absolute Gasteiger partial charge is 0.0893 e. The molecular formula is C14H15ClN2O. The Balaban J connectivity index is 1.90. The largest absolute Gasteiger partial charge is 0.388 e. The van der Waals surface area contributed by atoms with Gasteiger partial charge in [-0.25, -0.2) is 0 Å². The Morgan fingerprint density at radius 1 is 1.22 bits per heavy atom. The summed E-state index contributed by atoms with van der Waals surface area (Å²) in [5.41, 5.74) is 2.92. The molecule has 94 valence electrons. The van der Waals surface area contributed by atoms with Crippen LogP contribution in [0.2, 0.25) is 5.02 Å². The minimum Gasteiger partial charge on any atom is -0.388 e. The fourth-order valence-corrected chi connectivity index (χ4v) is 1.78. The van der Waals surface area contributed by atoms with E-state index in [2.05, 4.69) is 10.3 Å². The topological polar surface area (TPSA) is 34.2 Å². The van der Waals surface area contributed by atoms with Crippen molar-refractivity contribution in [1.82, 2.24) is 4.98 Å². The third-order valence-electron chi connectivity index (χ3n) is 2.57. The van der Waals surface area contributed by atoms with E-state index in [1.807, 2.05) is 43.4 Å². The van der Waals surface area contributed by atoms with Gasteiger partial charge in [0.15, 0.2) is 0 Å². The van der Waals surface area contributed by atoms with E-state index >= 15 is 0 Å². The SMILES string of the molecule is CNc1ccnc(COCc2ccccc2Cl)c1. The van der Waals surface area contributed by atoms with E-state index in [0.29, 0.717) is 13.2 Å². The van der Waals surface area contributed by atoms with Crippen LogP contribution in [0.5, 0.6) is 0 Å². The third kappa shape index (κ3) is 3.45. The molecule has 0 aliphatic heterocycles. The van der Waals surface area contributed by atoms with Gasteiger partial charge in [-0.2, -0.15) is 0 Å². The Kier molecular flexibility index (Phi) is 4.56. The summed E-state index contributed by atoms with van der Waals surface area (Å²) in [5, 5.41) is 3.80. The first-order valence-electron chi connectivity index (χ1n) is 5.73. The number of benzene rings is 1. The summed E-state index contributed by atoms with van der Waals surface area (Å²) in [4.78, 5) is 4.24. The van der Waals surface area contributed by atoms with E-state index in [4.69, 9.17) is 16.3 Å². The first-order valence-corrected chi connectivity index (χ1v) is 6.11. The van der Waals surface area contributed by atoms with Gasteiger partial charge in [0.2, 0.25) is 0 Å². The molecule has 0 unspecified atom stereocenters. The normalized spacial score (nSPS) is 10.3. The van der Waals surface area contributed by atoms with E-state index in [1.165, 1.54) is 0 Å². The fourth-order valence-electron chi connectivity index (χ4n) is 1.59. The second-order valence-electron chi connectivity index (χ2n) is 3.87. The molecule has 2 rings (SSSR count). The summed E-state index contributed by atoms with van der Waals surface area (Å²) in [7, 11) is 1.88. The van der Waals surface area contributed by atoms with Gasteiger partial charge in [0.25, 0.3) is 0 Å². The van der Waals surface area contributed by atoms with Crippen molar-refractivity contribution >= 4 is 17.3 Å². The summed E-state index contributed by atoms with van der Waals surface area (Å²) in [5.74, 6) is 0. The number of anilines is 1. The maximum Gasteiger partial charge on any atom is 0.0893 e. The summed E-state index contributed by atoms with van der Waals surface area (Å²) in [6.45, 7) is 0.964. The maximum absolute atomic E-state index is 6.05. The van der Waals surface area contributed by atoms with Crippen LogP contribution in [0.25, 0.3) is 0 Å². The highest BCUT2D eigenvalue weighted by molar-refractivity contribution is 6.31. The summed E-state index contributed by atoms with van der Waals surface area (Å²) >= 11 is 6.05. The summed E-state index contributed by atoms with van der Waals surface area (Å²) in [6.07, 6.45) is 1.76. The average Bonchev–Trinajstić information content (AvgIpc) is 2.41. The van der Waals surface area contributed by atoms with Gasteiger partial charge >= 0.3 is 0 Å². The highest BCUT2D eigenvalue weighted by Gasteiger charge is 2.00. The molecule has 0 radical (unpaired) electrons. The molecule has 4 heteroatoms. The second-order valence-corrected chi connectivity index (χ2v) is 4.28. The Morgan fingerprint density at radius 3 is 2.83 bits per heavy atom. The number of pyridine rings is 1. The molecule has 2 aromatic rings. The van der Waals surface area contributed by atoms with Crippen molar-refractivity contribution < 1.29 is 4.74 Å². The average molecular weight is 263 g/mol. The number of aromatic nitrogens is 1. The molecule has 1 N–H and O–H groups in total. The standard InChI is InChI=1S/C14H15ClN2O/c1-16-12-6-7-17-13(8-12)10-18-9-11-4-2-3-5-14(11)15/h2-8H,9-10H2,1H3,(H,16,17). The molecule has 3 nitrogen and oxygen atoms in total. The van der Waals surface area contributed by atoms with Crippen LogP contribution < -0.4 is 5.32 Å². The molecule has 0 amide bonds. The number of nitrogens with one attached hydrogen (secondary N) is 1. The van der Waals surface area contributed by atoms with Crippen LogP contribution in [0.15, 0.2) is 42.6 Å². The molecule has 0 spiro atoms. The van der Waals surface area contributed by atoms with Crippen LogP contribution >= 0.6 is 11.6 Å². The van der Waals surface area contributed by atoms with Crippen LogP contribution in [0.4, 0.5) is 5.69 Å². The monoisotopic (exact) mass is 262 g/mol. The van der Waals surface area contributed by atoms with Crippen molar-refractivity contribution in [3.8, 4) is 0 Å². The van der Waals surface area contributed by atoms with Crippen molar-refractivity contribution in [2.24, 2.45) is 0 Å². The Labute approximate surface area is 112 Å². The molecule has 18 heavy (non-hydrogen) atoms. The number of nitrogens with zero attached hydrogens (tertiary/aromatic N) is 1. The van der Waals surface area contributed by atoms with Gasteiger partial charge in [0.1, 0.15) is 0 Å². The predicted molar refractivity (Wildman–Crippen MR) is 73.7 cm³/mol. The van der Waals surface area contributed by atoms with Gasteiger partial charge in [-0.05, 0) is 23.8 Å². The number of hydrogen-bond donors (Lipinski definition) is 1. The van der Waals surface area contributed by atoms with E-state index in [-0.39, 0.29) is 0 Å². The second kappa shape index (κ2) is 6.38. The van der Waals surface area contributed by atoms with E-state index in [0.717, 1.165) is 22.0 Å². The lowest BCUT2D eigenvalue weighted by Crippen LogP contribution is -1.98. The van der Waals surface area contributed by atoms with Gasteiger partial charge in [0, 0.05) is 24.0 Å². The molecule has 1 heterocycles. The Bertz CT molecular complexity index is 517. The van der Waals surface area contributed by atoms with Gasteiger partial charge in [-0.1, -0.05) is 29.8 Å². The van der Waals surface area contributed by atoms with Gasteiger partial charge in [-0.3, -0.25) is 4.98 Å². The van der Waals surface area contributed by atoms with Crippen LogP contribution in [0, 0.1) is 0 Å². The summed E-state index contributed by atoms with van der Waals surface area (Å²) in [6, 6.07) is 11.6. The van der Waals surface area contributed by atoms with Gasteiger partial charge in [-0.15, -0.1) is 0 Å². The van der Waals surface area contributed by atoms with Gasteiger partial charge in [0.05, 0.1) is 18.9 Å². The quantitative estimate of drug-likeness (QED) is 0.896. The molecule has 0 atom stereocenters. The van der Waals surface area contributed by atoms with E-state index < -0.39 is 0 Å². The number of rotatable bonds is 5. The van der Waals surface area contributed by atoms with Crippen LogP contribution in [0.1, 0.15) is 11.3 Å². The van der Waals surface area contributed by atoms with Crippen molar-refractivity contribution in [2.75, 3.05) is 12.4 Å². The number of halogens is 1. The highest BCUT2D eigenvalue weighted by atomic mass is 35.5. The molecule has 0 aliphatic carbocycles. The molecule has 0 aliphatic rings. The molecule has 0 fully saturated rings. The highest BCUT2D eigenvalue weighted by Crippen LogP contribution is 2.16. The number of ether oxygens (including phenoxy) is 1. The van der Waals surface area contributed by atoms with Crippen LogP contribution in [-0.2, 0) is 18.0 Å². The van der Waals surface area contributed by atoms with E-state index in [1.54, 1.807) is 6.20 Å². The first kappa shape index (κ1) is 12.9. The van der Waals surface area contributed by atoms with E-state index in [9.17, 15) is 0 Å². The lowest BCUT2D eigenvalue weighted by atomic mass is 10.2. The minimum atomic E-state index is 0.473. The first-order chi connectivity index (χ1) is 8.79. The molecular weight excluding hydrogens is 248 g/mol. The number of hydrogen-bond acceptors (Lipinski definition) is 3. The van der Waals surface area contributed by atoms with Crippen LogP contribution in [-0.4, -0.2) is 12.0 Å². The predicted octanol–water partition coefficient (Wildman–Crippen LogP) is 3.49. The zero-order valence-corrected chi connectivity index (χ0v) is 10.9.